The van der Waals surface area contributed by atoms with Crippen LogP contribution in [0, 0.1) is 0 Å². The molecular formula is C53H53N5O. The largest absolute Gasteiger partial charge is 0.457 e. The lowest BCUT2D eigenvalue weighted by atomic mass is 9.76. The first-order valence-electron chi connectivity index (χ1n) is 20.7. The van der Waals surface area contributed by atoms with E-state index in [0.717, 1.165) is 50.8 Å². The summed E-state index contributed by atoms with van der Waals surface area (Å²) < 4.78 is 9.01. The number of aromatic nitrogens is 3. The zero-order valence-corrected chi connectivity index (χ0v) is 35.7. The Kier molecular flexibility index (Phi) is 9.15. The van der Waals surface area contributed by atoms with E-state index in [0.29, 0.717) is 6.67 Å². The molecule has 0 saturated carbocycles. The molecule has 0 radical (unpaired) electrons. The standard InChI is InChI=1S/C53H53N5O/c1-51(2,3)37-24-27-55-49(30-37)58-45-21-14-13-20-41(45)42-23-22-40(32-47(42)58)59-39-19-15-18-38(31-39)56-34-57(48-33-54-26-25-46(48)56)50-43(52(4,5)6)28-36(29-44(50)53(7,8)9)35-16-11-10-12-17-35/h10-33H,34H2,1-9H3. The summed E-state index contributed by atoms with van der Waals surface area (Å²) in [6, 6.07) is 45.4. The van der Waals surface area contributed by atoms with Crippen LogP contribution in [0.4, 0.5) is 22.7 Å². The van der Waals surface area contributed by atoms with Crippen LogP contribution >= 0.6 is 0 Å². The van der Waals surface area contributed by atoms with Crippen molar-refractivity contribution in [2.24, 2.45) is 0 Å². The van der Waals surface area contributed by atoms with Crippen LogP contribution in [0.25, 0.3) is 38.8 Å². The number of anilines is 4. The van der Waals surface area contributed by atoms with E-state index in [1.165, 1.54) is 38.9 Å². The average Bonchev–Trinajstić information content (AvgIpc) is 3.76. The second-order valence-electron chi connectivity index (χ2n) is 18.9. The lowest BCUT2D eigenvalue weighted by molar-refractivity contribution is 0.483. The minimum Gasteiger partial charge on any atom is -0.457 e. The molecule has 5 aromatic carbocycles. The van der Waals surface area contributed by atoms with E-state index in [2.05, 4.69) is 203 Å². The van der Waals surface area contributed by atoms with Crippen molar-refractivity contribution < 1.29 is 4.74 Å². The molecule has 0 amide bonds. The average molecular weight is 776 g/mol. The maximum atomic E-state index is 6.75. The summed E-state index contributed by atoms with van der Waals surface area (Å²) >= 11 is 0. The molecule has 1 aliphatic rings. The molecule has 0 saturated heterocycles. The fourth-order valence-corrected chi connectivity index (χ4v) is 8.51. The van der Waals surface area contributed by atoms with Gasteiger partial charge in [0.1, 0.15) is 24.0 Å². The topological polar surface area (TPSA) is 46.4 Å². The summed E-state index contributed by atoms with van der Waals surface area (Å²) in [5, 5.41) is 2.35. The van der Waals surface area contributed by atoms with E-state index in [1.807, 2.05) is 24.7 Å². The van der Waals surface area contributed by atoms with E-state index in [1.54, 1.807) is 0 Å². The normalized spacial score (nSPS) is 13.4. The van der Waals surface area contributed by atoms with E-state index in [4.69, 9.17) is 9.72 Å². The van der Waals surface area contributed by atoms with Crippen molar-refractivity contribution in [3.05, 3.63) is 163 Å². The lowest BCUT2D eigenvalue weighted by Gasteiger charge is -2.36. The first-order chi connectivity index (χ1) is 28.1. The molecule has 0 aliphatic carbocycles. The number of ether oxygens (including phenoxy) is 1. The molecule has 6 heteroatoms. The van der Waals surface area contributed by atoms with Gasteiger partial charge >= 0.3 is 0 Å². The monoisotopic (exact) mass is 775 g/mol. The quantitative estimate of drug-likeness (QED) is 0.168. The second-order valence-corrected chi connectivity index (χ2v) is 18.9. The SMILES string of the molecule is CC(C)(C)c1ccnc(-n2c3ccccc3c3ccc(Oc4cccc(N5CN(c6c(C(C)(C)C)cc(-c7ccccc7)cc6C(C)(C)C)c6cnccc65)c4)cc32)c1. The highest BCUT2D eigenvalue weighted by atomic mass is 16.5. The van der Waals surface area contributed by atoms with E-state index >= 15 is 0 Å². The number of rotatable bonds is 6. The molecule has 8 aromatic rings. The molecule has 296 valence electrons. The molecule has 9 rings (SSSR count). The highest BCUT2D eigenvalue weighted by Gasteiger charge is 2.36. The number of para-hydroxylation sites is 1. The number of hydrogen-bond donors (Lipinski definition) is 0. The van der Waals surface area contributed by atoms with Crippen LogP contribution in [0.2, 0.25) is 0 Å². The lowest BCUT2D eigenvalue weighted by Crippen LogP contribution is -2.30. The Bertz CT molecular complexity index is 2820. The first kappa shape index (κ1) is 38.1. The third-order valence-corrected chi connectivity index (χ3v) is 11.6. The third-order valence-electron chi connectivity index (χ3n) is 11.6. The van der Waals surface area contributed by atoms with Crippen LogP contribution in [0.3, 0.4) is 0 Å². The maximum absolute atomic E-state index is 6.75. The van der Waals surface area contributed by atoms with Gasteiger partial charge in [0.15, 0.2) is 0 Å². The minimum absolute atomic E-state index is 0.00408. The summed E-state index contributed by atoms with van der Waals surface area (Å²) in [5.74, 6) is 2.43. The predicted octanol–water partition coefficient (Wildman–Crippen LogP) is 14.2. The van der Waals surface area contributed by atoms with Gasteiger partial charge in [0.05, 0.1) is 34.3 Å². The van der Waals surface area contributed by atoms with Crippen molar-refractivity contribution in [1.82, 2.24) is 14.5 Å². The Hall–Kier alpha value is -6.40. The molecule has 0 fully saturated rings. The molecule has 4 heterocycles. The van der Waals surface area contributed by atoms with Crippen LogP contribution in [-0.4, -0.2) is 21.2 Å². The zero-order valence-electron chi connectivity index (χ0n) is 35.7. The second kappa shape index (κ2) is 14.2. The number of hydrogen-bond acceptors (Lipinski definition) is 5. The van der Waals surface area contributed by atoms with Crippen molar-refractivity contribution in [2.45, 2.75) is 78.6 Å². The maximum Gasteiger partial charge on any atom is 0.137 e. The van der Waals surface area contributed by atoms with Gasteiger partial charge in [-0.15, -0.1) is 0 Å². The predicted molar refractivity (Wildman–Crippen MR) is 246 cm³/mol. The Balaban J connectivity index is 1.10. The van der Waals surface area contributed by atoms with Gasteiger partial charge in [0, 0.05) is 41.0 Å². The van der Waals surface area contributed by atoms with Crippen LogP contribution in [-0.2, 0) is 16.2 Å². The molecular weight excluding hydrogens is 723 g/mol. The first-order valence-corrected chi connectivity index (χ1v) is 20.7. The van der Waals surface area contributed by atoms with Crippen molar-refractivity contribution in [3.8, 4) is 28.4 Å². The zero-order chi connectivity index (χ0) is 41.3. The Morgan fingerprint density at radius 3 is 1.95 bits per heavy atom. The highest BCUT2D eigenvalue weighted by molar-refractivity contribution is 6.09. The summed E-state index contributed by atoms with van der Waals surface area (Å²) in [7, 11) is 0. The van der Waals surface area contributed by atoms with Gasteiger partial charge in [-0.2, -0.15) is 0 Å². The van der Waals surface area contributed by atoms with Crippen molar-refractivity contribution in [1.29, 1.82) is 0 Å². The van der Waals surface area contributed by atoms with Gasteiger partial charge in [0.25, 0.3) is 0 Å². The van der Waals surface area contributed by atoms with Gasteiger partial charge < -0.3 is 14.5 Å². The molecule has 1 aliphatic heterocycles. The Morgan fingerprint density at radius 2 is 1.22 bits per heavy atom. The summed E-state index contributed by atoms with van der Waals surface area (Å²) in [6.07, 6.45) is 5.83. The van der Waals surface area contributed by atoms with Crippen LogP contribution in [0.1, 0.15) is 79.0 Å². The number of nitrogens with zero attached hydrogens (tertiary/aromatic N) is 5. The summed E-state index contributed by atoms with van der Waals surface area (Å²) in [5.41, 5.74) is 12.7. The van der Waals surface area contributed by atoms with Crippen LogP contribution < -0.4 is 14.5 Å². The fraction of sp³-hybridized carbons (Fsp3) is 0.245. The summed E-state index contributed by atoms with van der Waals surface area (Å²) in [6.45, 7) is 21.3. The summed E-state index contributed by atoms with van der Waals surface area (Å²) in [4.78, 5) is 14.4. The van der Waals surface area contributed by atoms with Gasteiger partial charge in [-0.05, 0) is 105 Å². The fourth-order valence-electron chi connectivity index (χ4n) is 8.51. The molecule has 0 unspecified atom stereocenters. The number of fused-ring (bicyclic) bond motifs is 4. The van der Waals surface area contributed by atoms with Gasteiger partial charge in [-0.25, -0.2) is 4.98 Å². The molecule has 0 spiro atoms. The minimum atomic E-state index is -0.123. The number of pyridine rings is 2. The van der Waals surface area contributed by atoms with E-state index < -0.39 is 0 Å². The Labute approximate surface area is 348 Å². The van der Waals surface area contributed by atoms with Crippen LogP contribution in [0.5, 0.6) is 11.5 Å². The third kappa shape index (κ3) is 7.01. The molecule has 3 aromatic heterocycles. The van der Waals surface area contributed by atoms with Gasteiger partial charge in [-0.1, -0.05) is 117 Å². The van der Waals surface area contributed by atoms with E-state index in [-0.39, 0.29) is 16.2 Å². The van der Waals surface area contributed by atoms with Crippen molar-refractivity contribution in [2.75, 3.05) is 16.5 Å². The molecule has 0 bridgehead atoms. The van der Waals surface area contributed by atoms with E-state index in [9.17, 15) is 0 Å². The molecule has 6 nitrogen and oxygen atoms in total. The molecule has 0 N–H and O–H groups in total. The van der Waals surface area contributed by atoms with Crippen LogP contribution in [0.15, 0.2) is 146 Å². The number of benzene rings is 5. The molecule has 59 heavy (non-hydrogen) atoms. The van der Waals surface area contributed by atoms with Crippen molar-refractivity contribution >= 4 is 44.6 Å². The van der Waals surface area contributed by atoms with Gasteiger partial charge in [0.2, 0.25) is 0 Å². The molecule has 0 atom stereocenters. The smallest absolute Gasteiger partial charge is 0.137 e. The van der Waals surface area contributed by atoms with Gasteiger partial charge in [-0.3, -0.25) is 9.55 Å². The highest BCUT2D eigenvalue weighted by Crippen LogP contribution is 2.51. The Morgan fingerprint density at radius 1 is 0.525 bits per heavy atom. The van der Waals surface area contributed by atoms with Crippen molar-refractivity contribution in [3.63, 3.8) is 0 Å².